The number of esters is 1. The van der Waals surface area contributed by atoms with Crippen molar-refractivity contribution in [1.29, 1.82) is 0 Å². The van der Waals surface area contributed by atoms with Gasteiger partial charge in [0.15, 0.2) is 0 Å². The second-order valence-electron chi connectivity index (χ2n) is 3.89. The summed E-state index contributed by atoms with van der Waals surface area (Å²) in [6.07, 6.45) is 1.55. The van der Waals surface area contributed by atoms with Crippen molar-refractivity contribution in [2.45, 2.75) is 13.5 Å². The van der Waals surface area contributed by atoms with E-state index in [2.05, 4.69) is 4.98 Å². The fourth-order valence-corrected chi connectivity index (χ4v) is 1.66. The number of ether oxygens (including phenoxy) is 1. The zero-order valence-corrected chi connectivity index (χ0v) is 10.6. The van der Waals surface area contributed by atoms with Gasteiger partial charge in [0.1, 0.15) is 6.54 Å². The van der Waals surface area contributed by atoms with E-state index < -0.39 is 11.7 Å². The third-order valence-electron chi connectivity index (χ3n) is 2.55. The smallest absolute Gasteiger partial charge is 0.348 e. The van der Waals surface area contributed by atoms with Crippen LogP contribution in [-0.2, 0) is 16.1 Å². The number of hydrogen-bond donors (Lipinski definition) is 0. The number of hydrogen-bond acceptors (Lipinski definition) is 4. The molecule has 0 amide bonds. The van der Waals surface area contributed by atoms with E-state index in [0.29, 0.717) is 12.3 Å². The first-order chi connectivity index (χ1) is 9.20. The maximum Gasteiger partial charge on any atom is 0.348 e. The van der Waals surface area contributed by atoms with Crippen LogP contribution in [0.3, 0.4) is 0 Å². The van der Waals surface area contributed by atoms with Gasteiger partial charge >= 0.3 is 11.7 Å². The number of carbonyl (C=O) groups is 1. The molecule has 2 aromatic rings. The number of nitrogens with zero attached hydrogens (tertiary/aromatic N) is 2. The highest BCUT2D eigenvalue weighted by Gasteiger charge is 2.07. The molecule has 0 radical (unpaired) electrons. The molecule has 0 unspecified atom stereocenters. The predicted octanol–water partition coefficient (Wildman–Crippen LogP) is 1.47. The molecule has 1 heterocycles. The molecule has 0 saturated heterocycles. The van der Waals surface area contributed by atoms with Gasteiger partial charge in [-0.3, -0.25) is 9.36 Å². The topological polar surface area (TPSA) is 61.2 Å². The Hall–Kier alpha value is -2.43. The second-order valence-corrected chi connectivity index (χ2v) is 3.89. The summed E-state index contributed by atoms with van der Waals surface area (Å²) in [6.45, 7) is 1.90. The van der Waals surface area contributed by atoms with Gasteiger partial charge in [-0.2, -0.15) is 4.98 Å². The Balaban J connectivity index is 2.23. The summed E-state index contributed by atoms with van der Waals surface area (Å²) in [6, 6.07) is 11.1. The Morgan fingerprint density at radius 2 is 2.00 bits per heavy atom. The molecule has 0 aliphatic heterocycles. The fourth-order valence-electron chi connectivity index (χ4n) is 1.66. The van der Waals surface area contributed by atoms with E-state index in [1.807, 2.05) is 30.3 Å². The van der Waals surface area contributed by atoms with E-state index in [-0.39, 0.29) is 6.54 Å². The quantitative estimate of drug-likeness (QED) is 0.779. The van der Waals surface area contributed by atoms with Crippen LogP contribution in [0.4, 0.5) is 0 Å². The highest BCUT2D eigenvalue weighted by Crippen LogP contribution is 2.13. The first-order valence-electron chi connectivity index (χ1n) is 5.99. The number of aromatic nitrogens is 2. The Morgan fingerprint density at radius 1 is 1.26 bits per heavy atom. The van der Waals surface area contributed by atoms with Crippen LogP contribution in [0.1, 0.15) is 6.92 Å². The Bertz CT molecular complexity index is 620. The lowest BCUT2D eigenvalue weighted by Crippen LogP contribution is -2.27. The molecule has 0 fully saturated rings. The lowest BCUT2D eigenvalue weighted by molar-refractivity contribution is -0.143. The summed E-state index contributed by atoms with van der Waals surface area (Å²) in [4.78, 5) is 27.1. The number of carbonyl (C=O) groups excluding carboxylic acids is 1. The van der Waals surface area contributed by atoms with Crippen LogP contribution in [-0.4, -0.2) is 22.1 Å². The molecule has 19 heavy (non-hydrogen) atoms. The molecule has 0 saturated carbocycles. The van der Waals surface area contributed by atoms with Crippen LogP contribution >= 0.6 is 0 Å². The van der Waals surface area contributed by atoms with Crippen LogP contribution in [0.5, 0.6) is 0 Å². The van der Waals surface area contributed by atoms with Crippen molar-refractivity contribution in [2.75, 3.05) is 6.61 Å². The predicted molar refractivity (Wildman–Crippen MR) is 70.6 cm³/mol. The average Bonchev–Trinajstić information content (AvgIpc) is 2.42. The lowest BCUT2D eigenvalue weighted by Gasteiger charge is -2.06. The van der Waals surface area contributed by atoms with Crippen LogP contribution in [0, 0.1) is 0 Å². The molecule has 0 bridgehead atoms. The molecule has 5 heteroatoms. The van der Waals surface area contributed by atoms with Gasteiger partial charge in [0.25, 0.3) is 0 Å². The first kappa shape index (κ1) is 13.0. The molecular weight excluding hydrogens is 244 g/mol. The first-order valence-corrected chi connectivity index (χ1v) is 5.99. The van der Waals surface area contributed by atoms with Crippen molar-refractivity contribution in [3.63, 3.8) is 0 Å². The van der Waals surface area contributed by atoms with E-state index in [1.54, 1.807) is 19.2 Å². The van der Waals surface area contributed by atoms with Crippen molar-refractivity contribution < 1.29 is 9.53 Å². The van der Waals surface area contributed by atoms with Crippen molar-refractivity contribution >= 4 is 5.97 Å². The maximum atomic E-state index is 11.8. The van der Waals surface area contributed by atoms with Crippen LogP contribution < -0.4 is 5.69 Å². The van der Waals surface area contributed by atoms with E-state index in [1.165, 1.54) is 4.57 Å². The lowest BCUT2D eigenvalue weighted by atomic mass is 10.1. The van der Waals surface area contributed by atoms with Crippen LogP contribution in [0.25, 0.3) is 11.3 Å². The van der Waals surface area contributed by atoms with Crippen molar-refractivity contribution in [3.8, 4) is 11.3 Å². The number of rotatable bonds is 4. The minimum absolute atomic E-state index is 0.116. The zero-order chi connectivity index (χ0) is 13.7. The molecule has 2 rings (SSSR count). The van der Waals surface area contributed by atoms with Gasteiger partial charge in [0, 0.05) is 11.8 Å². The highest BCUT2D eigenvalue weighted by molar-refractivity contribution is 5.69. The van der Waals surface area contributed by atoms with Gasteiger partial charge in [-0.25, -0.2) is 4.79 Å². The molecule has 0 spiro atoms. The van der Waals surface area contributed by atoms with Crippen molar-refractivity contribution in [1.82, 2.24) is 9.55 Å². The van der Waals surface area contributed by atoms with Gasteiger partial charge in [-0.05, 0) is 13.0 Å². The summed E-state index contributed by atoms with van der Waals surface area (Å²) in [5.41, 5.74) is 0.989. The van der Waals surface area contributed by atoms with E-state index in [0.717, 1.165) is 5.56 Å². The van der Waals surface area contributed by atoms with Gasteiger partial charge in [0.05, 0.1) is 12.3 Å². The average molecular weight is 258 g/mol. The summed E-state index contributed by atoms with van der Waals surface area (Å²) in [7, 11) is 0. The Kier molecular flexibility index (Phi) is 4.07. The number of benzene rings is 1. The fraction of sp³-hybridized carbons (Fsp3) is 0.214. The van der Waals surface area contributed by atoms with Crippen molar-refractivity contribution in [3.05, 3.63) is 53.1 Å². The van der Waals surface area contributed by atoms with E-state index in [4.69, 9.17) is 4.74 Å². The van der Waals surface area contributed by atoms with Gasteiger partial charge < -0.3 is 4.74 Å². The highest BCUT2D eigenvalue weighted by atomic mass is 16.5. The molecule has 1 aromatic heterocycles. The zero-order valence-electron chi connectivity index (χ0n) is 10.6. The normalized spacial score (nSPS) is 10.2. The summed E-state index contributed by atoms with van der Waals surface area (Å²) < 4.78 is 6.02. The minimum atomic E-state index is -0.464. The molecule has 0 aliphatic carbocycles. The van der Waals surface area contributed by atoms with Gasteiger partial charge in [-0.1, -0.05) is 30.3 Å². The summed E-state index contributed by atoms with van der Waals surface area (Å²) in [5.74, 6) is -0.445. The largest absolute Gasteiger partial charge is 0.465 e. The molecule has 5 nitrogen and oxygen atoms in total. The van der Waals surface area contributed by atoms with Crippen LogP contribution in [0.15, 0.2) is 47.4 Å². The molecule has 1 aromatic carbocycles. The maximum absolute atomic E-state index is 11.8. The molecule has 0 atom stereocenters. The summed E-state index contributed by atoms with van der Waals surface area (Å²) in [5, 5.41) is 0. The third kappa shape index (κ3) is 3.28. The van der Waals surface area contributed by atoms with E-state index >= 15 is 0 Å². The standard InChI is InChI=1S/C14H14N2O3/c1-2-19-13(17)10-16-9-8-12(15-14(16)18)11-6-4-3-5-7-11/h3-9H,2,10H2,1H3. The Morgan fingerprint density at radius 3 is 2.63 bits per heavy atom. The summed E-state index contributed by atoms with van der Waals surface area (Å²) >= 11 is 0. The van der Waals surface area contributed by atoms with E-state index in [9.17, 15) is 9.59 Å². The third-order valence-corrected chi connectivity index (χ3v) is 2.55. The molecule has 0 aliphatic rings. The van der Waals surface area contributed by atoms with Gasteiger partial charge in [-0.15, -0.1) is 0 Å². The van der Waals surface area contributed by atoms with Gasteiger partial charge in [0.2, 0.25) is 0 Å². The second kappa shape index (κ2) is 5.95. The monoisotopic (exact) mass is 258 g/mol. The molecule has 98 valence electrons. The minimum Gasteiger partial charge on any atom is -0.465 e. The molecular formula is C14H14N2O3. The SMILES string of the molecule is CCOC(=O)Cn1ccc(-c2ccccc2)nc1=O. The molecule has 0 N–H and O–H groups in total. The van der Waals surface area contributed by atoms with Crippen LogP contribution in [0.2, 0.25) is 0 Å². The Labute approximate surface area is 110 Å². The van der Waals surface area contributed by atoms with Crippen molar-refractivity contribution in [2.24, 2.45) is 0 Å².